The smallest absolute Gasteiger partial charge is 0.409 e. The van der Waals surface area contributed by atoms with E-state index in [4.69, 9.17) is 4.74 Å². The summed E-state index contributed by atoms with van der Waals surface area (Å²) in [6, 6.07) is 5.98. The highest BCUT2D eigenvalue weighted by Crippen LogP contribution is 2.19. The SMILES string of the molecule is CCOC(=O)N1CCC(Nc2cnc(C(=O)Nc3cccc(C)c3C)cn2)CC1. The number of carbonyl (C=O) groups excluding carboxylic acids is 2. The van der Waals surface area contributed by atoms with E-state index in [1.807, 2.05) is 32.0 Å². The van der Waals surface area contributed by atoms with Gasteiger partial charge < -0.3 is 20.3 Å². The van der Waals surface area contributed by atoms with Crippen molar-refractivity contribution in [1.29, 1.82) is 0 Å². The number of amides is 2. The molecule has 0 atom stereocenters. The van der Waals surface area contributed by atoms with Crippen LogP contribution >= 0.6 is 0 Å². The zero-order chi connectivity index (χ0) is 20.8. The number of likely N-dealkylation sites (tertiary alicyclic amines) is 1. The molecule has 0 spiro atoms. The van der Waals surface area contributed by atoms with Gasteiger partial charge in [0.25, 0.3) is 5.91 Å². The van der Waals surface area contributed by atoms with E-state index in [9.17, 15) is 9.59 Å². The van der Waals surface area contributed by atoms with E-state index < -0.39 is 0 Å². The van der Waals surface area contributed by atoms with Crippen LogP contribution < -0.4 is 10.6 Å². The number of ether oxygens (including phenoxy) is 1. The van der Waals surface area contributed by atoms with E-state index in [1.54, 1.807) is 18.0 Å². The van der Waals surface area contributed by atoms with Crippen molar-refractivity contribution in [2.45, 2.75) is 39.7 Å². The summed E-state index contributed by atoms with van der Waals surface area (Å²) in [5.74, 6) is 0.323. The number of carbonyl (C=O) groups is 2. The molecule has 0 unspecified atom stereocenters. The molecule has 0 radical (unpaired) electrons. The Morgan fingerprint density at radius 1 is 1.17 bits per heavy atom. The average molecular weight is 397 g/mol. The molecule has 0 bridgehead atoms. The topological polar surface area (TPSA) is 96.5 Å². The molecule has 1 aliphatic rings. The second-order valence-corrected chi connectivity index (χ2v) is 7.09. The maximum absolute atomic E-state index is 12.4. The lowest BCUT2D eigenvalue weighted by Gasteiger charge is -2.31. The summed E-state index contributed by atoms with van der Waals surface area (Å²) in [7, 11) is 0. The quantitative estimate of drug-likeness (QED) is 0.803. The fraction of sp³-hybridized carbons (Fsp3) is 0.429. The molecule has 29 heavy (non-hydrogen) atoms. The lowest BCUT2D eigenvalue weighted by atomic mass is 10.1. The summed E-state index contributed by atoms with van der Waals surface area (Å²) in [6.45, 7) is 7.44. The van der Waals surface area contributed by atoms with Crippen molar-refractivity contribution < 1.29 is 14.3 Å². The third-order valence-corrected chi connectivity index (χ3v) is 5.11. The summed E-state index contributed by atoms with van der Waals surface area (Å²) >= 11 is 0. The zero-order valence-corrected chi connectivity index (χ0v) is 17.1. The van der Waals surface area contributed by atoms with Crippen molar-refractivity contribution in [2.24, 2.45) is 0 Å². The molecule has 2 N–H and O–H groups in total. The maximum Gasteiger partial charge on any atom is 0.409 e. The number of nitrogens with one attached hydrogen (secondary N) is 2. The number of aromatic nitrogens is 2. The van der Waals surface area contributed by atoms with Gasteiger partial charge in [-0.3, -0.25) is 4.79 Å². The first kappa shape index (κ1) is 20.6. The molecule has 3 rings (SSSR count). The largest absolute Gasteiger partial charge is 0.450 e. The maximum atomic E-state index is 12.4. The molecule has 1 aliphatic heterocycles. The van der Waals surface area contributed by atoms with Gasteiger partial charge in [-0.05, 0) is 50.8 Å². The van der Waals surface area contributed by atoms with Crippen molar-refractivity contribution >= 4 is 23.5 Å². The number of aryl methyl sites for hydroxylation is 1. The molecule has 154 valence electrons. The summed E-state index contributed by atoms with van der Waals surface area (Å²) < 4.78 is 5.03. The van der Waals surface area contributed by atoms with Crippen LogP contribution in [0.5, 0.6) is 0 Å². The van der Waals surface area contributed by atoms with Crippen LogP contribution in [0.15, 0.2) is 30.6 Å². The van der Waals surface area contributed by atoms with Gasteiger partial charge in [0.15, 0.2) is 0 Å². The Bertz CT molecular complexity index is 861. The van der Waals surface area contributed by atoms with Crippen LogP contribution in [-0.4, -0.2) is 52.6 Å². The van der Waals surface area contributed by atoms with Crippen molar-refractivity contribution in [1.82, 2.24) is 14.9 Å². The Balaban J connectivity index is 1.53. The molecule has 2 aromatic rings. The molecule has 8 heteroatoms. The molecule has 2 heterocycles. The van der Waals surface area contributed by atoms with Gasteiger partial charge in [0.2, 0.25) is 0 Å². The monoisotopic (exact) mass is 397 g/mol. The molecule has 1 saturated heterocycles. The summed E-state index contributed by atoms with van der Waals surface area (Å²) in [6.07, 6.45) is 4.38. The van der Waals surface area contributed by atoms with Crippen molar-refractivity contribution in [3.63, 3.8) is 0 Å². The van der Waals surface area contributed by atoms with E-state index in [0.717, 1.165) is 29.7 Å². The number of rotatable bonds is 5. The Kier molecular flexibility index (Phi) is 6.64. The van der Waals surface area contributed by atoms with Crippen LogP contribution in [-0.2, 0) is 4.74 Å². The lowest BCUT2D eigenvalue weighted by molar-refractivity contribution is 0.0982. The Morgan fingerprint density at radius 3 is 2.59 bits per heavy atom. The Morgan fingerprint density at radius 2 is 1.93 bits per heavy atom. The van der Waals surface area contributed by atoms with Crippen LogP contribution in [0.4, 0.5) is 16.3 Å². The molecule has 0 saturated carbocycles. The molecule has 1 fully saturated rings. The van der Waals surface area contributed by atoms with E-state index >= 15 is 0 Å². The molecule has 0 aliphatic carbocycles. The molecular weight excluding hydrogens is 370 g/mol. The van der Waals surface area contributed by atoms with E-state index in [-0.39, 0.29) is 23.7 Å². The van der Waals surface area contributed by atoms with Crippen molar-refractivity contribution in [3.8, 4) is 0 Å². The average Bonchev–Trinajstić information content (AvgIpc) is 2.72. The minimum Gasteiger partial charge on any atom is -0.450 e. The highest BCUT2D eigenvalue weighted by molar-refractivity contribution is 6.03. The minimum absolute atomic E-state index is 0.199. The lowest BCUT2D eigenvalue weighted by Crippen LogP contribution is -2.42. The van der Waals surface area contributed by atoms with Crippen LogP contribution in [0.2, 0.25) is 0 Å². The highest BCUT2D eigenvalue weighted by atomic mass is 16.6. The number of benzene rings is 1. The highest BCUT2D eigenvalue weighted by Gasteiger charge is 2.23. The third-order valence-electron chi connectivity index (χ3n) is 5.11. The number of hydrogen-bond acceptors (Lipinski definition) is 6. The molecule has 1 aromatic carbocycles. The normalized spacial score (nSPS) is 14.4. The standard InChI is InChI=1S/C21H27N5O3/c1-4-29-21(28)26-10-8-16(9-11-26)24-19-13-22-18(12-23-19)20(27)25-17-7-5-6-14(2)15(17)3/h5-7,12-13,16H,4,8-11H2,1-3H3,(H,23,24)(H,25,27). The van der Waals surface area contributed by atoms with Crippen LogP contribution in [0.3, 0.4) is 0 Å². The van der Waals surface area contributed by atoms with E-state index in [1.165, 1.54) is 6.20 Å². The fourth-order valence-electron chi connectivity index (χ4n) is 3.22. The first-order chi connectivity index (χ1) is 14.0. The number of nitrogens with zero attached hydrogens (tertiary/aromatic N) is 3. The van der Waals surface area contributed by atoms with Gasteiger partial charge >= 0.3 is 6.09 Å². The first-order valence-electron chi connectivity index (χ1n) is 9.85. The number of hydrogen-bond donors (Lipinski definition) is 2. The summed E-state index contributed by atoms with van der Waals surface area (Å²) in [5, 5.41) is 6.20. The summed E-state index contributed by atoms with van der Waals surface area (Å²) in [5.41, 5.74) is 3.17. The van der Waals surface area contributed by atoms with Gasteiger partial charge in [-0.15, -0.1) is 0 Å². The fourth-order valence-corrected chi connectivity index (χ4v) is 3.22. The van der Waals surface area contributed by atoms with Crippen LogP contribution in [0, 0.1) is 13.8 Å². The minimum atomic E-state index is -0.291. The van der Waals surface area contributed by atoms with Gasteiger partial charge in [-0.1, -0.05) is 12.1 Å². The molecular formula is C21H27N5O3. The second-order valence-electron chi connectivity index (χ2n) is 7.09. The Labute approximate surface area is 170 Å². The molecule has 2 amide bonds. The van der Waals surface area contributed by atoms with Gasteiger partial charge in [-0.25, -0.2) is 14.8 Å². The second kappa shape index (κ2) is 9.36. The van der Waals surface area contributed by atoms with Gasteiger partial charge in [0.05, 0.1) is 19.0 Å². The third kappa shape index (κ3) is 5.22. The summed E-state index contributed by atoms with van der Waals surface area (Å²) in [4.78, 5) is 34.5. The molecule has 1 aromatic heterocycles. The molecule has 8 nitrogen and oxygen atoms in total. The van der Waals surface area contributed by atoms with Crippen LogP contribution in [0.1, 0.15) is 41.4 Å². The van der Waals surface area contributed by atoms with Gasteiger partial charge in [0.1, 0.15) is 11.5 Å². The van der Waals surface area contributed by atoms with E-state index in [2.05, 4.69) is 20.6 Å². The van der Waals surface area contributed by atoms with E-state index in [0.29, 0.717) is 25.5 Å². The number of piperidine rings is 1. The van der Waals surface area contributed by atoms with Crippen molar-refractivity contribution in [3.05, 3.63) is 47.4 Å². The number of anilines is 2. The van der Waals surface area contributed by atoms with Crippen LogP contribution in [0.25, 0.3) is 0 Å². The van der Waals surface area contributed by atoms with Gasteiger partial charge in [0, 0.05) is 24.8 Å². The zero-order valence-electron chi connectivity index (χ0n) is 17.1. The first-order valence-corrected chi connectivity index (χ1v) is 9.85. The Hall–Kier alpha value is -3.16. The predicted octanol–water partition coefficient (Wildman–Crippen LogP) is 3.38. The van der Waals surface area contributed by atoms with Gasteiger partial charge in [-0.2, -0.15) is 0 Å². The predicted molar refractivity (Wildman–Crippen MR) is 111 cm³/mol. The van der Waals surface area contributed by atoms with Crippen molar-refractivity contribution in [2.75, 3.05) is 30.3 Å².